The molecule has 2 aromatic carbocycles. The number of carbonyl (C=O) groups is 1. The highest BCUT2D eigenvalue weighted by molar-refractivity contribution is 5.97. The van der Waals surface area contributed by atoms with E-state index in [2.05, 4.69) is 0 Å². The van der Waals surface area contributed by atoms with E-state index < -0.39 is 0 Å². The summed E-state index contributed by atoms with van der Waals surface area (Å²) in [5.74, 6) is 0.422. The SMILES string of the molecule is O=C1Oc2ccccc2CC1=Cc1ccccc1. The van der Waals surface area contributed by atoms with Crippen LogP contribution >= 0.6 is 0 Å². The van der Waals surface area contributed by atoms with Crippen LogP contribution in [0, 0.1) is 0 Å². The number of benzene rings is 2. The molecule has 0 spiro atoms. The minimum atomic E-state index is -0.252. The van der Waals surface area contributed by atoms with Crippen molar-refractivity contribution >= 4 is 12.0 Å². The van der Waals surface area contributed by atoms with Gasteiger partial charge in [-0.2, -0.15) is 0 Å². The molecule has 0 saturated carbocycles. The Hall–Kier alpha value is -2.35. The lowest BCUT2D eigenvalue weighted by molar-refractivity contribution is -0.130. The molecule has 0 aromatic heterocycles. The Morgan fingerprint density at radius 2 is 1.67 bits per heavy atom. The molecular weight excluding hydrogens is 224 g/mol. The van der Waals surface area contributed by atoms with Crippen molar-refractivity contribution in [1.29, 1.82) is 0 Å². The molecule has 2 nitrogen and oxygen atoms in total. The second-order valence-electron chi connectivity index (χ2n) is 4.25. The van der Waals surface area contributed by atoms with Crippen LogP contribution < -0.4 is 4.74 Å². The van der Waals surface area contributed by atoms with Crippen molar-refractivity contribution in [2.24, 2.45) is 0 Å². The molecule has 0 saturated heterocycles. The average molecular weight is 236 g/mol. The standard InChI is InChI=1S/C16H12O2/c17-16-14(10-12-6-2-1-3-7-12)11-13-8-4-5-9-15(13)18-16/h1-10H,11H2. The zero-order chi connectivity index (χ0) is 12.4. The van der Waals surface area contributed by atoms with Crippen LogP contribution in [-0.4, -0.2) is 5.97 Å². The second-order valence-corrected chi connectivity index (χ2v) is 4.25. The van der Waals surface area contributed by atoms with E-state index in [1.807, 2.05) is 60.7 Å². The molecule has 18 heavy (non-hydrogen) atoms. The Kier molecular flexibility index (Phi) is 2.69. The van der Waals surface area contributed by atoms with Crippen molar-refractivity contribution in [2.75, 3.05) is 0 Å². The third-order valence-corrected chi connectivity index (χ3v) is 2.96. The summed E-state index contributed by atoms with van der Waals surface area (Å²) in [6.45, 7) is 0. The van der Waals surface area contributed by atoms with E-state index in [4.69, 9.17) is 4.74 Å². The van der Waals surface area contributed by atoms with Gasteiger partial charge in [-0.1, -0.05) is 48.5 Å². The van der Waals surface area contributed by atoms with Crippen molar-refractivity contribution < 1.29 is 9.53 Å². The molecule has 1 heterocycles. The maximum absolute atomic E-state index is 11.9. The molecule has 0 bridgehead atoms. The van der Waals surface area contributed by atoms with Gasteiger partial charge in [0.05, 0.1) is 0 Å². The summed E-state index contributed by atoms with van der Waals surface area (Å²) in [5.41, 5.74) is 2.77. The van der Waals surface area contributed by atoms with Crippen molar-refractivity contribution in [3.63, 3.8) is 0 Å². The van der Waals surface area contributed by atoms with E-state index in [1.165, 1.54) is 0 Å². The second kappa shape index (κ2) is 4.49. The van der Waals surface area contributed by atoms with Crippen molar-refractivity contribution in [3.05, 3.63) is 71.3 Å². The lowest BCUT2D eigenvalue weighted by atomic mass is 9.99. The molecule has 2 heteroatoms. The fourth-order valence-corrected chi connectivity index (χ4v) is 2.05. The number of fused-ring (bicyclic) bond motifs is 1. The highest BCUT2D eigenvalue weighted by Crippen LogP contribution is 2.28. The smallest absolute Gasteiger partial charge is 0.339 e. The molecule has 0 amide bonds. The fraction of sp³-hybridized carbons (Fsp3) is 0.0625. The molecule has 1 aliphatic rings. The first kappa shape index (κ1) is 10.8. The van der Waals surface area contributed by atoms with Crippen molar-refractivity contribution in [1.82, 2.24) is 0 Å². The van der Waals surface area contributed by atoms with Gasteiger partial charge in [0.25, 0.3) is 0 Å². The normalized spacial score (nSPS) is 16.2. The maximum Gasteiger partial charge on any atom is 0.339 e. The first-order valence-corrected chi connectivity index (χ1v) is 5.88. The van der Waals surface area contributed by atoms with Gasteiger partial charge in [0.15, 0.2) is 0 Å². The molecule has 0 radical (unpaired) electrons. The quantitative estimate of drug-likeness (QED) is 0.431. The lowest BCUT2D eigenvalue weighted by Crippen LogP contribution is -2.19. The number of hydrogen-bond donors (Lipinski definition) is 0. The molecule has 0 aliphatic carbocycles. The van der Waals surface area contributed by atoms with E-state index in [0.717, 1.165) is 11.1 Å². The first-order chi connectivity index (χ1) is 8.83. The highest BCUT2D eigenvalue weighted by atomic mass is 16.5. The third-order valence-electron chi connectivity index (χ3n) is 2.96. The van der Waals surface area contributed by atoms with Crippen LogP contribution in [0.3, 0.4) is 0 Å². The summed E-state index contributed by atoms with van der Waals surface area (Å²) in [5, 5.41) is 0. The fourth-order valence-electron chi connectivity index (χ4n) is 2.05. The molecule has 0 unspecified atom stereocenters. The van der Waals surface area contributed by atoms with Gasteiger partial charge < -0.3 is 4.74 Å². The summed E-state index contributed by atoms with van der Waals surface area (Å²) < 4.78 is 5.31. The molecule has 88 valence electrons. The first-order valence-electron chi connectivity index (χ1n) is 5.88. The van der Waals surface area contributed by atoms with Crippen LogP contribution in [0.2, 0.25) is 0 Å². The van der Waals surface area contributed by atoms with E-state index in [-0.39, 0.29) is 5.97 Å². The number of esters is 1. The Bertz CT molecular complexity index is 612. The van der Waals surface area contributed by atoms with Gasteiger partial charge >= 0.3 is 5.97 Å². The minimum Gasteiger partial charge on any atom is -0.423 e. The number of para-hydroxylation sites is 1. The molecule has 2 aromatic rings. The van der Waals surface area contributed by atoms with Gasteiger partial charge in [0, 0.05) is 12.0 Å². The molecule has 3 rings (SSSR count). The number of hydrogen-bond acceptors (Lipinski definition) is 2. The summed E-state index contributed by atoms with van der Waals surface area (Å²) in [7, 11) is 0. The zero-order valence-corrected chi connectivity index (χ0v) is 9.80. The lowest BCUT2D eigenvalue weighted by Gasteiger charge is -2.17. The Morgan fingerprint density at radius 3 is 2.50 bits per heavy atom. The van der Waals surface area contributed by atoms with E-state index in [9.17, 15) is 4.79 Å². The third kappa shape index (κ3) is 2.05. The highest BCUT2D eigenvalue weighted by Gasteiger charge is 2.21. The summed E-state index contributed by atoms with van der Waals surface area (Å²) >= 11 is 0. The summed E-state index contributed by atoms with van der Waals surface area (Å²) in [4.78, 5) is 11.9. The Morgan fingerprint density at radius 1 is 0.944 bits per heavy atom. The monoisotopic (exact) mass is 236 g/mol. The maximum atomic E-state index is 11.9. The van der Waals surface area contributed by atoms with Crippen LogP contribution in [0.25, 0.3) is 6.08 Å². The predicted octanol–water partition coefficient (Wildman–Crippen LogP) is 3.23. The van der Waals surface area contributed by atoms with Gasteiger partial charge in [-0.15, -0.1) is 0 Å². The molecule has 0 fully saturated rings. The average Bonchev–Trinajstić information content (AvgIpc) is 2.41. The predicted molar refractivity (Wildman–Crippen MR) is 70.2 cm³/mol. The van der Waals surface area contributed by atoms with Crippen molar-refractivity contribution in [2.45, 2.75) is 6.42 Å². The van der Waals surface area contributed by atoms with Crippen LogP contribution in [0.1, 0.15) is 11.1 Å². The molecule has 0 atom stereocenters. The van der Waals surface area contributed by atoms with Gasteiger partial charge in [0.2, 0.25) is 0 Å². The van der Waals surface area contributed by atoms with E-state index in [0.29, 0.717) is 17.7 Å². The van der Waals surface area contributed by atoms with Gasteiger partial charge in [0.1, 0.15) is 5.75 Å². The summed E-state index contributed by atoms with van der Waals surface area (Å²) in [6, 6.07) is 17.4. The topological polar surface area (TPSA) is 26.3 Å². The van der Waals surface area contributed by atoms with Crippen LogP contribution in [0.4, 0.5) is 0 Å². The van der Waals surface area contributed by atoms with Crippen molar-refractivity contribution in [3.8, 4) is 5.75 Å². The van der Waals surface area contributed by atoms with E-state index in [1.54, 1.807) is 0 Å². The molecular formula is C16H12O2. The van der Waals surface area contributed by atoms with Gasteiger partial charge in [-0.25, -0.2) is 4.79 Å². The Labute approximate surface area is 106 Å². The van der Waals surface area contributed by atoms with Crippen LogP contribution in [-0.2, 0) is 11.2 Å². The molecule has 1 aliphatic heterocycles. The summed E-state index contributed by atoms with van der Waals surface area (Å²) in [6.07, 6.45) is 2.52. The zero-order valence-electron chi connectivity index (χ0n) is 9.80. The van der Waals surface area contributed by atoms with E-state index >= 15 is 0 Å². The largest absolute Gasteiger partial charge is 0.423 e. The minimum absolute atomic E-state index is 0.252. The van der Waals surface area contributed by atoms with Gasteiger partial charge in [-0.3, -0.25) is 0 Å². The van der Waals surface area contributed by atoms with Crippen LogP contribution in [0.5, 0.6) is 5.75 Å². The number of carbonyl (C=O) groups excluding carboxylic acids is 1. The van der Waals surface area contributed by atoms with Crippen LogP contribution in [0.15, 0.2) is 60.2 Å². The number of ether oxygens (including phenoxy) is 1. The van der Waals surface area contributed by atoms with Gasteiger partial charge in [-0.05, 0) is 23.3 Å². The molecule has 0 N–H and O–H groups in total. The Balaban J connectivity index is 1.96. The number of rotatable bonds is 1.